The van der Waals surface area contributed by atoms with Crippen LogP contribution in [-0.4, -0.2) is 41.3 Å². The Morgan fingerprint density at radius 1 is 1.22 bits per heavy atom. The maximum absolute atomic E-state index is 13.5. The summed E-state index contributed by atoms with van der Waals surface area (Å²) in [7, 11) is 1.46. The Morgan fingerprint density at radius 3 is 2.74 bits per heavy atom. The van der Waals surface area contributed by atoms with Crippen molar-refractivity contribution in [3.8, 4) is 5.75 Å². The van der Waals surface area contributed by atoms with Crippen molar-refractivity contribution in [2.24, 2.45) is 5.92 Å². The molecule has 0 unspecified atom stereocenters. The van der Waals surface area contributed by atoms with Gasteiger partial charge in [0.05, 0.1) is 13.2 Å². The van der Waals surface area contributed by atoms with Crippen LogP contribution in [-0.2, 0) is 13.0 Å². The van der Waals surface area contributed by atoms with E-state index in [4.69, 9.17) is 4.74 Å². The molecule has 1 aliphatic rings. The maximum Gasteiger partial charge on any atom is 0.165 e. The van der Waals surface area contributed by atoms with E-state index in [9.17, 15) is 9.50 Å². The van der Waals surface area contributed by atoms with Crippen LogP contribution in [0.25, 0.3) is 0 Å². The van der Waals surface area contributed by atoms with Crippen LogP contribution in [0.15, 0.2) is 42.7 Å². The van der Waals surface area contributed by atoms with Gasteiger partial charge in [-0.1, -0.05) is 6.07 Å². The van der Waals surface area contributed by atoms with Crippen LogP contribution >= 0.6 is 0 Å². The predicted octanol–water partition coefficient (Wildman–Crippen LogP) is 2.26. The van der Waals surface area contributed by atoms with E-state index in [-0.39, 0.29) is 23.6 Å². The Balaban J connectivity index is 1.62. The Morgan fingerprint density at radius 2 is 2.00 bits per heavy atom. The van der Waals surface area contributed by atoms with E-state index in [0.717, 1.165) is 18.5 Å². The highest BCUT2D eigenvalue weighted by molar-refractivity contribution is 5.30. The minimum atomic E-state index is -0.353. The first-order chi connectivity index (χ1) is 11.2. The van der Waals surface area contributed by atoms with Gasteiger partial charge in [-0.25, -0.2) is 4.39 Å². The van der Waals surface area contributed by atoms with Gasteiger partial charge in [0.25, 0.3) is 0 Å². The minimum absolute atomic E-state index is 0.208. The lowest BCUT2D eigenvalue weighted by Gasteiger charge is -2.16. The van der Waals surface area contributed by atoms with E-state index < -0.39 is 0 Å². The lowest BCUT2D eigenvalue weighted by atomic mass is 9.97. The fraction of sp³-hybridized carbons (Fsp3) is 0.389. The molecule has 2 atom stereocenters. The van der Waals surface area contributed by atoms with Gasteiger partial charge in [-0.05, 0) is 41.8 Å². The van der Waals surface area contributed by atoms with Gasteiger partial charge in [-0.3, -0.25) is 9.88 Å². The minimum Gasteiger partial charge on any atom is -0.494 e. The molecule has 5 heteroatoms. The van der Waals surface area contributed by atoms with Crippen LogP contribution in [0.3, 0.4) is 0 Å². The van der Waals surface area contributed by atoms with Gasteiger partial charge in [0, 0.05) is 37.9 Å². The van der Waals surface area contributed by atoms with Crippen molar-refractivity contribution >= 4 is 0 Å². The average molecular weight is 316 g/mol. The van der Waals surface area contributed by atoms with Crippen LogP contribution in [0, 0.1) is 11.7 Å². The van der Waals surface area contributed by atoms with Crippen molar-refractivity contribution in [2.75, 3.05) is 20.2 Å². The van der Waals surface area contributed by atoms with Gasteiger partial charge in [-0.2, -0.15) is 0 Å². The SMILES string of the molecule is COc1cc(CN2C[C@@H](Cc3ccncc3)[C@H](O)C2)ccc1F. The molecule has 1 aromatic carbocycles. The number of nitrogens with zero attached hydrogens (tertiary/aromatic N) is 2. The van der Waals surface area contributed by atoms with E-state index >= 15 is 0 Å². The molecule has 0 aliphatic carbocycles. The number of rotatable bonds is 5. The van der Waals surface area contributed by atoms with Crippen molar-refractivity contribution in [3.05, 3.63) is 59.7 Å². The van der Waals surface area contributed by atoms with E-state index in [0.29, 0.717) is 13.1 Å². The zero-order valence-electron chi connectivity index (χ0n) is 13.2. The third-order valence-electron chi connectivity index (χ3n) is 4.35. The second kappa shape index (κ2) is 7.06. The molecule has 1 fully saturated rings. The predicted molar refractivity (Wildman–Crippen MR) is 85.7 cm³/mol. The lowest BCUT2D eigenvalue weighted by Crippen LogP contribution is -2.21. The number of likely N-dealkylation sites (tertiary alicyclic amines) is 1. The normalized spacial score (nSPS) is 21.5. The number of benzene rings is 1. The molecule has 1 aliphatic heterocycles. The van der Waals surface area contributed by atoms with Crippen molar-refractivity contribution < 1.29 is 14.2 Å². The smallest absolute Gasteiger partial charge is 0.165 e. The molecule has 23 heavy (non-hydrogen) atoms. The number of ether oxygens (including phenoxy) is 1. The number of methoxy groups -OCH3 is 1. The topological polar surface area (TPSA) is 45.6 Å². The highest BCUT2D eigenvalue weighted by atomic mass is 19.1. The van der Waals surface area contributed by atoms with Crippen LogP contribution in [0.5, 0.6) is 5.75 Å². The molecule has 1 aromatic heterocycles. The molecule has 0 spiro atoms. The molecule has 3 rings (SSSR count). The second-order valence-corrected chi connectivity index (χ2v) is 6.05. The third kappa shape index (κ3) is 3.86. The summed E-state index contributed by atoms with van der Waals surface area (Å²) in [6.45, 7) is 2.14. The zero-order chi connectivity index (χ0) is 16.2. The fourth-order valence-electron chi connectivity index (χ4n) is 3.15. The summed E-state index contributed by atoms with van der Waals surface area (Å²) in [6.07, 6.45) is 4.05. The molecule has 1 saturated heterocycles. The number of hydrogen-bond acceptors (Lipinski definition) is 4. The average Bonchev–Trinajstić information content (AvgIpc) is 2.89. The van der Waals surface area contributed by atoms with Crippen LogP contribution < -0.4 is 4.74 Å². The summed E-state index contributed by atoms with van der Waals surface area (Å²) < 4.78 is 18.5. The molecule has 0 saturated carbocycles. The number of aliphatic hydroxyl groups excluding tert-OH is 1. The molecule has 1 N–H and O–H groups in total. The van der Waals surface area contributed by atoms with Gasteiger partial charge in [0.1, 0.15) is 0 Å². The fourth-order valence-corrected chi connectivity index (χ4v) is 3.15. The number of pyridine rings is 1. The molecule has 0 amide bonds. The van der Waals surface area contributed by atoms with Crippen LogP contribution in [0.2, 0.25) is 0 Å². The van der Waals surface area contributed by atoms with Gasteiger partial charge in [-0.15, -0.1) is 0 Å². The summed E-state index contributed by atoms with van der Waals surface area (Å²) in [5, 5.41) is 10.3. The molecular weight excluding hydrogens is 295 g/mol. The second-order valence-electron chi connectivity index (χ2n) is 6.05. The molecule has 4 nitrogen and oxygen atoms in total. The van der Waals surface area contributed by atoms with Gasteiger partial charge < -0.3 is 9.84 Å². The number of halogens is 1. The highest BCUT2D eigenvalue weighted by Gasteiger charge is 2.31. The Labute approximate surface area is 135 Å². The summed E-state index contributed by atoms with van der Waals surface area (Å²) in [4.78, 5) is 6.22. The molecule has 0 bridgehead atoms. The van der Waals surface area contributed by atoms with Crippen molar-refractivity contribution in [1.82, 2.24) is 9.88 Å². The first-order valence-corrected chi connectivity index (χ1v) is 7.77. The molecule has 2 heterocycles. The largest absolute Gasteiger partial charge is 0.494 e. The summed E-state index contributed by atoms with van der Waals surface area (Å²) >= 11 is 0. The summed E-state index contributed by atoms with van der Waals surface area (Å²) in [6, 6.07) is 8.88. The first kappa shape index (κ1) is 15.9. The number of hydrogen-bond donors (Lipinski definition) is 1. The van der Waals surface area contributed by atoms with E-state index in [1.165, 1.54) is 18.7 Å². The standard InChI is InChI=1S/C18H21FN2O2/c1-23-18-9-14(2-3-16(18)19)10-21-11-15(17(22)12-21)8-13-4-6-20-7-5-13/h2-7,9,15,17,22H,8,10-12H2,1H3/t15-,17-/m1/s1. The Bertz CT molecular complexity index is 651. The van der Waals surface area contributed by atoms with E-state index in [1.54, 1.807) is 24.5 Å². The van der Waals surface area contributed by atoms with E-state index in [2.05, 4.69) is 9.88 Å². The maximum atomic E-state index is 13.5. The number of aromatic nitrogens is 1. The number of aliphatic hydroxyl groups is 1. The molecule has 0 radical (unpaired) electrons. The third-order valence-corrected chi connectivity index (χ3v) is 4.35. The van der Waals surface area contributed by atoms with E-state index in [1.807, 2.05) is 12.1 Å². The Kier molecular flexibility index (Phi) is 4.88. The first-order valence-electron chi connectivity index (χ1n) is 7.77. The summed E-state index contributed by atoms with van der Waals surface area (Å²) in [5.41, 5.74) is 2.18. The van der Waals surface area contributed by atoms with Crippen molar-refractivity contribution in [3.63, 3.8) is 0 Å². The van der Waals surface area contributed by atoms with Gasteiger partial charge >= 0.3 is 0 Å². The quantitative estimate of drug-likeness (QED) is 0.919. The Hall–Kier alpha value is -1.98. The van der Waals surface area contributed by atoms with Gasteiger partial charge in [0.2, 0.25) is 0 Å². The van der Waals surface area contributed by atoms with Gasteiger partial charge in [0.15, 0.2) is 11.6 Å². The highest BCUT2D eigenvalue weighted by Crippen LogP contribution is 2.25. The van der Waals surface area contributed by atoms with Crippen molar-refractivity contribution in [2.45, 2.75) is 19.1 Å². The zero-order valence-corrected chi connectivity index (χ0v) is 13.2. The lowest BCUT2D eigenvalue weighted by molar-refractivity contribution is 0.141. The molecular formula is C18H21FN2O2. The molecule has 2 aromatic rings. The van der Waals surface area contributed by atoms with Crippen molar-refractivity contribution in [1.29, 1.82) is 0 Å². The summed E-state index contributed by atoms with van der Waals surface area (Å²) in [5.74, 6) is 0.114. The molecule has 122 valence electrons. The van der Waals surface area contributed by atoms with Crippen LogP contribution in [0.1, 0.15) is 11.1 Å². The number of β-amino-alcohol motifs (C(OH)–C–C–N with tert-alkyl or cyclic N) is 1. The van der Waals surface area contributed by atoms with Crippen LogP contribution in [0.4, 0.5) is 4.39 Å². The monoisotopic (exact) mass is 316 g/mol.